The van der Waals surface area contributed by atoms with Crippen molar-refractivity contribution in [2.75, 3.05) is 6.61 Å². The molecule has 0 spiro atoms. The highest BCUT2D eigenvalue weighted by Gasteiger charge is 2.42. The van der Waals surface area contributed by atoms with E-state index in [1.807, 2.05) is 25.3 Å². The Labute approximate surface area is 175 Å². The number of ether oxygens (including phenoxy) is 2. The van der Waals surface area contributed by atoms with E-state index in [0.29, 0.717) is 5.75 Å². The van der Waals surface area contributed by atoms with Crippen molar-refractivity contribution in [2.45, 2.75) is 64.5 Å². The van der Waals surface area contributed by atoms with Crippen molar-refractivity contribution >= 4 is 6.09 Å². The summed E-state index contributed by atoms with van der Waals surface area (Å²) in [4.78, 5) is 12.1. The van der Waals surface area contributed by atoms with Gasteiger partial charge in [-0.25, -0.2) is 18.3 Å². The maximum Gasteiger partial charge on any atom is 0.407 e. The number of amides is 1. The Hall–Kier alpha value is -2.64. The molecule has 2 atom stereocenters. The number of aryl methyl sites for hydroxylation is 1. The molecular weight excluding hydrogens is 392 g/mol. The predicted octanol–water partition coefficient (Wildman–Crippen LogP) is 4.89. The molecule has 1 fully saturated rings. The van der Waals surface area contributed by atoms with E-state index in [4.69, 9.17) is 9.47 Å². The van der Waals surface area contributed by atoms with Gasteiger partial charge in [-0.05, 0) is 63.9 Å². The van der Waals surface area contributed by atoms with Gasteiger partial charge in [-0.1, -0.05) is 0 Å². The highest BCUT2D eigenvalue weighted by atomic mass is 19.3. The van der Waals surface area contributed by atoms with Crippen LogP contribution in [-0.2, 0) is 4.74 Å². The molecule has 0 saturated heterocycles. The predicted molar refractivity (Wildman–Crippen MR) is 109 cm³/mol. The van der Waals surface area contributed by atoms with Gasteiger partial charge in [0.2, 0.25) is 5.92 Å². The third-order valence-electron chi connectivity index (χ3n) is 4.93. The first-order valence-corrected chi connectivity index (χ1v) is 10.1. The molecule has 164 valence electrons. The van der Waals surface area contributed by atoms with E-state index < -0.39 is 29.6 Å². The number of rotatable bonds is 5. The van der Waals surface area contributed by atoms with Crippen molar-refractivity contribution in [3.8, 4) is 11.4 Å². The van der Waals surface area contributed by atoms with Crippen molar-refractivity contribution in [1.29, 1.82) is 0 Å². The highest BCUT2D eigenvalue weighted by molar-refractivity contribution is 5.68. The molecule has 6 nitrogen and oxygen atoms in total. The second-order valence-corrected chi connectivity index (χ2v) is 8.88. The lowest BCUT2D eigenvalue weighted by atomic mass is 9.82. The number of benzene rings is 1. The van der Waals surface area contributed by atoms with E-state index >= 15 is 0 Å². The Morgan fingerprint density at radius 1 is 1.30 bits per heavy atom. The molecule has 0 bridgehead atoms. The third kappa shape index (κ3) is 6.18. The van der Waals surface area contributed by atoms with E-state index in [1.54, 1.807) is 43.8 Å². The Bertz CT molecular complexity index is 859. The number of aromatic nitrogens is 2. The van der Waals surface area contributed by atoms with Crippen LogP contribution in [-0.4, -0.2) is 40.0 Å². The van der Waals surface area contributed by atoms with Gasteiger partial charge in [0, 0.05) is 31.0 Å². The average Bonchev–Trinajstić information content (AvgIpc) is 3.07. The number of carbonyl (C=O) groups is 1. The van der Waals surface area contributed by atoms with E-state index in [0.717, 1.165) is 11.3 Å². The fourth-order valence-electron chi connectivity index (χ4n) is 3.51. The molecule has 0 aliphatic heterocycles. The molecule has 8 heteroatoms. The Morgan fingerprint density at radius 3 is 2.60 bits per heavy atom. The number of alkyl carbamates (subject to hydrolysis) is 1. The summed E-state index contributed by atoms with van der Waals surface area (Å²) in [5, 5.41) is 7.00. The van der Waals surface area contributed by atoms with Crippen LogP contribution in [0.2, 0.25) is 0 Å². The van der Waals surface area contributed by atoms with E-state index in [1.165, 1.54) is 0 Å². The quantitative estimate of drug-likeness (QED) is 0.747. The molecule has 1 aromatic carbocycles. The monoisotopic (exact) mass is 421 g/mol. The molecule has 0 unspecified atom stereocenters. The number of nitrogens with zero attached hydrogens (tertiary/aromatic N) is 2. The van der Waals surface area contributed by atoms with Gasteiger partial charge in [0.05, 0.1) is 18.5 Å². The SMILES string of the molecule is Cc1cnn(-c2ccc(OC[C@H]3CC(F)(F)CC[C@@H]3NC(=O)OC(C)(C)C)cc2)c1. The van der Waals surface area contributed by atoms with Gasteiger partial charge < -0.3 is 14.8 Å². The summed E-state index contributed by atoms with van der Waals surface area (Å²) in [5.41, 5.74) is 1.28. The molecule has 2 aromatic rings. The number of nitrogens with one attached hydrogen (secondary N) is 1. The first kappa shape index (κ1) is 22.1. The molecule has 1 aromatic heterocycles. The van der Waals surface area contributed by atoms with Gasteiger partial charge in [0.15, 0.2) is 0 Å². The standard InChI is InChI=1S/C22H29F2N3O3/c1-15-12-25-27(13-15)17-5-7-18(8-6-17)29-14-16-11-22(23,24)10-9-19(16)26-20(28)30-21(2,3)4/h5-8,12-13,16,19H,9-11,14H2,1-4H3,(H,26,28)/t16-,19+/m1/s1. The Morgan fingerprint density at radius 2 is 2.00 bits per heavy atom. The van der Waals surface area contributed by atoms with Gasteiger partial charge >= 0.3 is 6.09 Å². The topological polar surface area (TPSA) is 65.4 Å². The zero-order chi connectivity index (χ0) is 21.9. The second kappa shape index (κ2) is 8.62. The molecule has 1 aliphatic carbocycles. The molecule has 3 rings (SSSR count). The van der Waals surface area contributed by atoms with Gasteiger partial charge in [0.1, 0.15) is 11.4 Å². The first-order valence-electron chi connectivity index (χ1n) is 10.1. The van der Waals surface area contributed by atoms with Crippen molar-refractivity contribution in [1.82, 2.24) is 15.1 Å². The van der Waals surface area contributed by atoms with Gasteiger partial charge in [-0.15, -0.1) is 0 Å². The van der Waals surface area contributed by atoms with Crippen molar-refractivity contribution in [2.24, 2.45) is 5.92 Å². The minimum absolute atomic E-state index is 0.0796. The van der Waals surface area contributed by atoms with Crippen LogP contribution >= 0.6 is 0 Å². The van der Waals surface area contributed by atoms with E-state index in [-0.39, 0.29) is 25.9 Å². The fourth-order valence-corrected chi connectivity index (χ4v) is 3.51. The van der Waals surface area contributed by atoms with Crippen LogP contribution in [0.3, 0.4) is 0 Å². The number of halogens is 2. The summed E-state index contributed by atoms with van der Waals surface area (Å²) >= 11 is 0. The van der Waals surface area contributed by atoms with Crippen LogP contribution in [0.15, 0.2) is 36.7 Å². The minimum atomic E-state index is -2.76. The molecule has 1 saturated carbocycles. The van der Waals surface area contributed by atoms with Crippen LogP contribution in [0.4, 0.5) is 13.6 Å². The van der Waals surface area contributed by atoms with Crippen LogP contribution < -0.4 is 10.1 Å². The van der Waals surface area contributed by atoms with Crippen molar-refractivity contribution in [3.05, 3.63) is 42.2 Å². The molecule has 1 aliphatic rings. The van der Waals surface area contributed by atoms with Gasteiger partial charge in [0.25, 0.3) is 0 Å². The van der Waals surface area contributed by atoms with E-state index in [9.17, 15) is 13.6 Å². The minimum Gasteiger partial charge on any atom is -0.493 e. The summed E-state index contributed by atoms with van der Waals surface area (Å²) < 4.78 is 40.8. The third-order valence-corrected chi connectivity index (χ3v) is 4.93. The number of alkyl halides is 2. The van der Waals surface area contributed by atoms with Crippen LogP contribution in [0.25, 0.3) is 5.69 Å². The lowest BCUT2D eigenvalue weighted by molar-refractivity contribution is -0.0690. The van der Waals surface area contributed by atoms with Gasteiger partial charge in [-0.2, -0.15) is 5.10 Å². The van der Waals surface area contributed by atoms with Crippen LogP contribution in [0.5, 0.6) is 5.75 Å². The largest absolute Gasteiger partial charge is 0.493 e. The molecular formula is C22H29F2N3O3. The summed E-state index contributed by atoms with van der Waals surface area (Å²) in [6.07, 6.45) is 2.66. The summed E-state index contributed by atoms with van der Waals surface area (Å²) in [5.74, 6) is -2.70. The zero-order valence-corrected chi connectivity index (χ0v) is 17.8. The summed E-state index contributed by atoms with van der Waals surface area (Å²) in [6, 6.07) is 6.85. The smallest absolute Gasteiger partial charge is 0.407 e. The maximum atomic E-state index is 14.0. The lowest BCUT2D eigenvalue weighted by Crippen LogP contribution is -2.49. The van der Waals surface area contributed by atoms with E-state index in [2.05, 4.69) is 10.4 Å². The van der Waals surface area contributed by atoms with Crippen LogP contribution in [0.1, 0.15) is 45.6 Å². The van der Waals surface area contributed by atoms with Crippen LogP contribution in [0, 0.1) is 12.8 Å². The highest BCUT2D eigenvalue weighted by Crippen LogP contribution is 2.37. The summed E-state index contributed by atoms with van der Waals surface area (Å²) in [7, 11) is 0. The molecule has 1 heterocycles. The van der Waals surface area contributed by atoms with Gasteiger partial charge in [-0.3, -0.25) is 0 Å². The maximum absolute atomic E-state index is 14.0. The summed E-state index contributed by atoms with van der Waals surface area (Å²) in [6.45, 7) is 7.32. The Kier molecular flexibility index (Phi) is 6.33. The molecule has 30 heavy (non-hydrogen) atoms. The van der Waals surface area contributed by atoms with Crippen molar-refractivity contribution < 1.29 is 23.0 Å². The fraction of sp³-hybridized carbons (Fsp3) is 0.545. The molecule has 1 N–H and O–H groups in total. The Balaban J connectivity index is 1.62. The molecule has 0 radical (unpaired) electrons. The first-order chi connectivity index (χ1) is 14.0. The number of carbonyl (C=O) groups excluding carboxylic acids is 1. The second-order valence-electron chi connectivity index (χ2n) is 8.88. The van der Waals surface area contributed by atoms with Crippen molar-refractivity contribution in [3.63, 3.8) is 0 Å². The normalized spacial score (nSPS) is 21.1. The number of hydrogen-bond donors (Lipinski definition) is 1. The lowest BCUT2D eigenvalue weighted by Gasteiger charge is -2.36. The molecule has 1 amide bonds. The number of hydrogen-bond acceptors (Lipinski definition) is 4. The average molecular weight is 421 g/mol. The zero-order valence-electron chi connectivity index (χ0n) is 17.8.